The Hall–Kier alpha value is -1.42. The van der Waals surface area contributed by atoms with Gasteiger partial charge in [-0.2, -0.15) is 0 Å². The second-order valence-corrected chi connectivity index (χ2v) is 5.50. The molecule has 106 valence electrons. The van der Waals surface area contributed by atoms with Crippen LogP contribution in [-0.4, -0.2) is 44.2 Å². The van der Waals surface area contributed by atoms with Crippen LogP contribution in [0.1, 0.15) is 20.3 Å². The van der Waals surface area contributed by atoms with Crippen molar-refractivity contribution in [3.05, 3.63) is 18.2 Å². The van der Waals surface area contributed by atoms with E-state index in [-0.39, 0.29) is 6.10 Å². The van der Waals surface area contributed by atoms with E-state index in [1.807, 2.05) is 26.0 Å². The summed E-state index contributed by atoms with van der Waals surface area (Å²) in [6, 6.07) is 6.06. The molecule has 0 radical (unpaired) electrons. The fourth-order valence-electron chi connectivity index (χ4n) is 2.45. The second kappa shape index (κ2) is 6.15. The first-order valence-electron chi connectivity index (χ1n) is 7.06. The third-order valence-corrected chi connectivity index (χ3v) is 3.47. The number of hydrogen-bond donors (Lipinski definition) is 1. The number of nitrogen functional groups attached to an aromatic ring is 1. The molecule has 2 N–H and O–H groups in total. The van der Waals surface area contributed by atoms with E-state index >= 15 is 0 Å². The molecule has 1 aromatic carbocycles. The molecule has 1 saturated heterocycles. The van der Waals surface area contributed by atoms with Crippen LogP contribution in [0, 0.1) is 0 Å². The van der Waals surface area contributed by atoms with E-state index in [1.54, 1.807) is 0 Å². The maximum atomic E-state index is 6.27. The highest BCUT2D eigenvalue weighted by Crippen LogP contribution is 2.33. The summed E-state index contributed by atoms with van der Waals surface area (Å²) in [5.41, 5.74) is 8.14. The van der Waals surface area contributed by atoms with Crippen LogP contribution in [0.15, 0.2) is 18.2 Å². The molecule has 0 bridgehead atoms. The Kier molecular flexibility index (Phi) is 4.53. The topological polar surface area (TPSA) is 41.7 Å². The average Bonchev–Trinajstić information content (AvgIpc) is 2.56. The Morgan fingerprint density at radius 1 is 1.16 bits per heavy atom. The van der Waals surface area contributed by atoms with Gasteiger partial charge >= 0.3 is 0 Å². The molecule has 0 atom stereocenters. The SMILES string of the molecule is CC(C)Oc1cccc(N2CCCN(C)CC2)c1N. The molecule has 0 aliphatic carbocycles. The van der Waals surface area contributed by atoms with E-state index in [0.29, 0.717) is 0 Å². The van der Waals surface area contributed by atoms with Crippen molar-refractivity contribution in [2.75, 3.05) is 43.9 Å². The van der Waals surface area contributed by atoms with Gasteiger partial charge in [-0.25, -0.2) is 0 Å². The minimum atomic E-state index is 0.146. The standard InChI is InChI=1S/C15H25N3O/c1-12(2)19-14-7-4-6-13(15(14)16)18-9-5-8-17(3)10-11-18/h4,6-7,12H,5,8-11,16H2,1-3H3. The van der Waals surface area contributed by atoms with Crippen molar-refractivity contribution >= 4 is 11.4 Å². The van der Waals surface area contributed by atoms with Gasteiger partial charge in [0.15, 0.2) is 0 Å². The van der Waals surface area contributed by atoms with Crippen LogP contribution in [0.3, 0.4) is 0 Å². The van der Waals surface area contributed by atoms with Crippen LogP contribution < -0.4 is 15.4 Å². The Balaban J connectivity index is 2.19. The monoisotopic (exact) mass is 263 g/mol. The largest absolute Gasteiger partial charge is 0.489 e. The molecule has 4 nitrogen and oxygen atoms in total. The Labute approximate surface area is 116 Å². The van der Waals surface area contributed by atoms with Crippen LogP contribution in [-0.2, 0) is 0 Å². The maximum absolute atomic E-state index is 6.27. The quantitative estimate of drug-likeness (QED) is 0.849. The van der Waals surface area contributed by atoms with Gasteiger partial charge in [-0.1, -0.05) is 6.07 Å². The molecule has 0 spiro atoms. The number of ether oxygens (including phenoxy) is 1. The molecule has 4 heteroatoms. The Bertz CT molecular complexity index is 420. The van der Waals surface area contributed by atoms with Gasteiger partial charge in [0.05, 0.1) is 17.5 Å². The summed E-state index contributed by atoms with van der Waals surface area (Å²) in [4.78, 5) is 4.73. The molecule has 1 aromatic rings. The number of para-hydroxylation sites is 1. The molecular weight excluding hydrogens is 238 g/mol. The van der Waals surface area contributed by atoms with E-state index in [4.69, 9.17) is 10.5 Å². The van der Waals surface area contributed by atoms with Crippen molar-refractivity contribution in [3.63, 3.8) is 0 Å². The second-order valence-electron chi connectivity index (χ2n) is 5.50. The number of likely N-dealkylation sites (N-methyl/N-ethyl adjacent to an activating group) is 1. The van der Waals surface area contributed by atoms with Gasteiger partial charge in [0.25, 0.3) is 0 Å². The summed E-state index contributed by atoms with van der Waals surface area (Å²) in [5, 5.41) is 0. The normalized spacial score (nSPS) is 17.6. The minimum Gasteiger partial charge on any atom is -0.489 e. The van der Waals surface area contributed by atoms with Crippen LogP contribution in [0.2, 0.25) is 0 Å². The highest BCUT2D eigenvalue weighted by molar-refractivity contribution is 5.74. The van der Waals surface area contributed by atoms with Crippen molar-refractivity contribution < 1.29 is 4.74 Å². The predicted molar refractivity (Wildman–Crippen MR) is 80.9 cm³/mol. The number of rotatable bonds is 3. The van der Waals surface area contributed by atoms with E-state index in [2.05, 4.69) is 22.9 Å². The van der Waals surface area contributed by atoms with Gasteiger partial charge in [-0.15, -0.1) is 0 Å². The smallest absolute Gasteiger partial charge is 0.144 e. The van der Waals surface area contributed by atoms with E-state index in [9.17, 15) is 0 Å². The molecule has 1 aliphatic rings. The molecule has 0 aromatic heterocycles. The zero-order chi connectivity index (χ0) is 13.8. The van der Waals surface area contributed by atoms with E-state index < -0.39 is 0 Å². The lowest BCUT2D eigenvalue weighted by molar-refractivity contribution is 0.244. The number of nitrogens with zero attached hydrogens (tertiary/aromatic N) is 2. The molecule has 0 saturated carbocycles. The van der Waals surface area contributed by atoms with Crippen molar-refractivity contribution in [1.29, 1.82) is 0 Å². The average molecular weight is 263 g/mol. The number of nitrogens with two attached hydrogens (primary N) is 1. The molecule has 1 fully saturated rings. The zero-order valence-corrected chi connectivity index (χ0v) is 12.2. The lowest BCUT2D eigenvalue weighted by Gasteiger charge is -2.25. The molecule has 19 heavy (non-hydrogen) atoms. The molecule has 2 rings (SSSR count). The predicted octanol–water partition coefficient (Wildman–Crippen LogP) is 2.20. The summed E-state index contributed by atoms with van der Waals surface area (Å²) >= 11 is 0. The first-order valence-corrected chi connectivity index (χ1v) is 7.06. The van der Waals surface area contributed by atoms with Crippen LogP contribution in [0.25, 0.3) is 0 Å². The minimum absolute atomic E-state index is 0.146. The highest BCUT2D eigenvalue weighted by atomic mass is 16.5. The van der Waals surface area contributed by atoms with Crippen molar-refractivity contribution in [2.45, 2.75) is 26.4 Å². The molecule has 0 amide bonds. The van der Waals surface area contributed by atoms with Crippen molar-refractivity contribution in [1.82, 2.24) is 4.90 Å². The number of anilines is 2. The first-order chi connectivity index (χ1) is 9.08. The number of benzene rings is 1. The van der Waals surface area contributed by atoms with Gasteiger partial charge < -0.3 is 20.3 Å². The summed E-state index contributed by atoms with van der Waals surface area (Å²) in [7, 11) is 2.17. The van der Waals surface area contributed by atoms with Gasteiger partial charge in [0, 0.05) is 19.6 Å². The Morgan fingerprint density at radius 3 is 2.68 bits per heavy atom. The number of hydrogen-bond acceptors (Lipinski definition) is 4. The lowest BCUT2D eigenvalue weighted by atomic mass is 10.2. The summed E-state index contributed by atoms with van der Waals surface area (Å²) < 4.78 is 5.77. The molecule has 1 heterocycles. The van der Waals surface area contributed by atoms with Gasteiger partial charge in [-0.05, 0) is 46.0 Å². The third kappa shape index (κ3) is 3.53. The molecular formula is C15H25N3O. The highest BCUT2D eigenvalue weighted by Gasteiger charge is 2.16. The zero-order valence-electron chi connectivity index (χ0n) is 12.2. The van der Waals surface area contributed by atoms with E-state index in [0.717, 1.165) is 43.3 Å². The lowest BCUT2D eigenvalue weighted by Crippen LogP contribution is -2.29. The Morgan fingerprint density at radius 2 is 1.95 bits per heavy atom. The maximum Gasteiger partial charge on any atom is 0.144 e. The first kappa shape index (κ1) is 14.0. The summed E-state index contributed by atoms with van der Waals surface area (Å²) in [5.74, 6) is 0.796. The molecule has 0 unspecified atom stereocenters. The molecule has 1 aliphatic heterocycles. The fourth-order valence-corrected chi connectivity index (χ4v) is 2.45. The van der Waals surface area contributed by atoms with Gasteiger partial charge in [-0.3, -0.25) is 0 Å². The van der Waals surface area contributed by atoms with E-state index in [1.165, 1.54) is 6.42 Å². The third-order valence-electron chi connectivity index (χ3n) is 3.47. The van der Waals surface area contributed by atoms with Gasteiger partial charge in [0.2, 0.25) is 0 Å². The van der Waals surface area contributed by atoms with Crippen molar-refractivity contribution in [2.24, 2.45) is 0 Å². The van der Waals surface area contributed by atoms with Crippen LogP contribution >= 0.6 is 0 Å². The van der Waals surface area contributed by atoms with Gasteiger partial charge in [0.1, 0.15) is 5.75 Å². The van der Waals surface area contributed by atoms with Crippen LogP contribution in [0.5, 0.6) is 5.75 Å². The summed E-state index contributed by atoms with van der Waals surface area (Å²) in [6.07, 6.45) is 1.32. The van der Waals surface area contributed by atoms with Crippen LogP contribution in [0.4, 0.5) is 11.4 Å². The van der Waals surface area contributed by atoms with Crippen molar-refractivity contribution in [3.8, 4) is 5.75 Å². The fraction of sp³-hybridized carbons (Fsp3) is 0.600. The summed E-state index contributed by atoms with van der Waals surface area (Å²) in [6.45, 7) is 8.35.